The lowest BCUT2D eigenvalue weighted by atomic mass is 10.3. The normalized spacial score (nSPS) is 10.2. The minimum Gasteiger partial charge on any atom is -0.481 e. The molecule has 0 bridgehead atoms. The second kappa shape index (κ2) is 6.59. The van der Waals surface area contributed by atoms with E-state index in [4.69, 9.17) is 27.9 Å². The van der Waals surface area contributed by atoms with E-state index in [0.717, 1.165) is 0 Å². The third-order valence-electron chi connectivity index (χ3n) is 2.42. The van der Waals surface area contributed by atoms with E-state index in [9.17, 15) is 9.18 Å². The van der Waals surface area contributed by atoms with Crippen molar-refractivity contribution in [2.75, 3.05) is 11.9 Å². The van der Waals surface area contributed by atoms with E-state index >= 15 is 0 Å². The Hall–Kier alpha value is -1.78. The molecule has 1 N–H and O–H groups in total. The number of hydrogen-bond donors (Lipinski definition) is 1. The summed E-state index contributed by atoms with van der Waals surface area (Å²) in [4.78, 5) is 11.7. The topological polar surface area (TPSA) is 38.3 Å². The molecule has 3 nitrogen and oxygen atoms in total. The van der Waals surface area contributed by atoms with Crippen LogP contribution in [-0.2, 0) is 4.79 Å². The number of hydrogen-bond acceptors (Lipinski definition) is 2. The maximum absolute atomic E-state index is 13.3. The third kappa shape index (κ3) is 3.62. The van der Waals surface area contributed by atoms with E-state index in [-0.39, 0.29) is 12.4 Å². The standard InChI is InChI=1S/C14H10Cl2FNO2/c15-9-4-3-5-10(16)14(9)18-13(19)8-20-12-7-2-1-6-11(12)17/h1-7H,8H2,(H,18,19). The SMILES string of the molecule is O=C(COc1ccccc1F)Nc1c(Cl)cccc1Cl. The quantitative estimate of drug-likeness (QED) is 0.920. The number of ether oxygens (including phenoxy) is 1. The van der Waals surface area contributed by atoms with Gasteiger partial charge in [0.25, 0.3) is 5.91 Å². The van der Waals surface area contributed by atoms with Crippen molar-refractivity contribution in [3.05, 3.63) is 58.3 Å². The number of para-hydroxylation sites is 2. The van der Waals surface area contributed by atoms with Gasteiger partial charge in [0, 0.05) is 0 Å². The van der Waals surface area contributed by atoms with Crippen LogP contribution >= 0.6 is 23.2 Å². The molecule has 2 aromatic carbocycles. The highest BCUT2D eigenvalue weighted by Gasteiger charge is 2.11. The Morgan fingerprint density at radius 2 is 1.75 bits per heavy atom. The van der Waals surface area contributed by atoms with Crippen LogP contribution in [0.25, 0.3) is 0 Å². The van der Waals surface area contributed by atoms with Gasteiger partial charge in [0.15, 0.2) is 18.2 Å². The van der Waals surface area contributed by atoms with Gasteiger partial charge in [0.05, 0.1) is 15.7 Å². The fourth-order valence-corrected chi connectivity index (χ4v) is 1.99. The molecule has 0 fully saturated rings. The smallest absolute Gasteiger partial charge is 0.262 e. The van der Waals surface area contributed by atoms with Crippen LogP contribution in [0.5, 0.6) is 5.75 Å². The minimum absolute atomic E-state index is 0.00732. The van der Waals surface area contributed by atoms with E-state index in [2.05, 4.69) is 5.32 Å². The molecule has 0 aliphatic rings. The zero-order valence-electron chi connectivity index (χ0n) is 10.2. The summed E-state index contributed by atoms with van der Waals surface area (Å²) in [5, 5.41) is 3.15. The number of halogens is 3. The molecule has 0 aliphatic carbocycles. The van der Waals surface area contributed by atoms with Crippen molar-refractivity contribution in [1.82, 2.24) is 0 Å². The molecule has 20 heavy (non-hydrogen) atoms. The Balaban J connectivity index is 1.98. The van der Waals surface area contributed by atoms with Crippen LogP contribution in [0.15, 0.2) is 42.5 Å². The van der Waals surface area contributed by atoms with Gasteiger partial charge in [-0.25, -0.2) is 4.39 Å². The molecule has 0 unspecified atom stereocenters. The number of rotatable bonds is 4. The molecule has 0 spiro atoms. The maximum atomic E-state index is 13.3. The first-order chi connectivity index (χ1) is 9.58. The summed E-state index contributed by atoms with van der Waals surface area (Å²) in [6.45, 7) is -0.345. The molecule has 1 amide bonds. The van der Waals surface area contributed by atoms with E-state index < -0.39 is 11.7 Å². The fraction of sp³-hybridized carbons (Fsp3) is 0.0714. The first kappa shape index (κ1) is 14.6. The van der Waals surface area contributed by atoms with Gasteiger partial charge >= 0.3 is 0 Å². The molecule has 0 heterocycles. The maximum Gasteiger partial charge on any atom is 0.262 e. The predicted octanol–water partition coefficient (Wildman–Crippen LogP) is 4.15. The lowest BCUT2D eigenvalue weighted by molar-refractivity contribution is -0.118. The molecule has 6 heteroatoms. The highest BCUT2D eigenvalue weighted by atomic mass is 35.5. The summed E-state index contributed by atoms with van der Waals surface area (Å²) in [7, 11) is 0. The number of amides is 1. The number of benzene rings is 2. The summed E-state index contributed by atoms with van der Waals surface area (Å²) in [6, 6.07) is 10.7. The number of anilines is 1. The highest BCUT2D eigenvalue weighted by Crippen LogP contribution is 2.29. The first-order valence-electron chi connectivity index (χ1n) is 5.69. The van der Waals surface area contributed by atoms with Crippen LogP contribution in [0.1, 0.15) is 0 Å². The minimum atomic E-state index is -0.531. The van der Waals surface area contributed by atoms with E-state index in [1.807, 2.05) is 0 Å². The van der Waals surface area contributed by atoms with Crippen LogP contribution in [0.2, 0.25) is 10.0 Å². The summed E-state index contributed by atoms with van der Waals surface area (Å²) in [5.41, 5.74) is 0.304. The molecular formula is C14H10Cl2FNO2. The Labute approximate surface area is 125 Å². The molecule has 2 rings (SSSR count). The Bertz CT molecular complexity index is 614. The molecule has 0 aliphatic heterocycles. The average molecular weight is 314 g/mol. The van der Waals surface area contributed by atoms with Crippen molar-refractivity contribution < 1.29 is 13.9 Å². The highest BCUT2D eigenvalue weighted by molar-refractivity contribution is 6.39. The Kier molecular flexibility index (Phi) is 4.82. The van der Waals surface area contributed by atoms with Crippen LogP contribution in [0.3, 0.4) is 0 Å². The van der Waals surface area contributed by atoms with Gasteiger partial charge in [-0.15, -0.1) is 0 Å². The van der Waals surface area contributed by atoms with E-state index in [1.54, 1.807) is 24.3 Å². The summed E-state index contributed by atoms with van der Waals surface area (Å²) in [5.74, 6) is -1.01. The average Bonchev–Trinajstić information content (AvgIpc) is 2.42. The molecule has 0 atom stereocenters. The van der Waals surface area contributed by atoms with E-state index in [1.165, 1.54) is 18.2 Å². The molecule has 2 aromatic rings. The van der Waals surface area contributed by atoms with Crippen LogP contribution < -0.4 is 10.1 Å². The van der Waals surface area contributed by atoms with Crippen LogP contribution in [-0.4, -0.2) is 12.5 Å². The van der Waals surface area contributed by atoms with Crippen molar-refractivity contribution in [2.45, 2.75) is 0 Å². The Morgan fingerprint density at radius 3 is 2.40 bits per heavy atom. The van der Waals surface area contributed by atoms with Gasteiger partial charge in [0.2, 0.25) is 0 Å². The van der Waals surface area contributed by atoms with Gasteiger partial charge in [0.1, 0.15) is 0 Å². The third-order valence-corrected chi connectivity index (χ3v) is 3.05. The first-order valence-corrected chi connectivity index (χ1v) is 6.44. The predicted molar refractivity (Wildman–Crippen MR) is 77.0 cm³/mol. The number of nitrogens with one attached hydrogen (secondary N) is 1. The van der Waals surface area contributed by atoms with Crippen molar-refractivity contribution in [3.8, 4) is 5.75 Å². The molecule has 0 aromatic heterocycles. The zero-order chi connectivity index (χ0) is 14.5. The van der Waals surface area contributed by atoms with Crippen LogP contribution in [0, 0.1) is 5.82 Å². The van der Waals surface area contributed by atoms with Crippen molar-refractivity contribution >= 4 is 34.8 Å². The molecule has 104 valence electrons. The largest absolute Gasteiger partial charge is 0.481 e. The van der Waals surface area contributed by atoms with Gasteiger partial charge in [-0.2, -0.15) is 0 Å². The van der Waals surface area contributed by atoms with Crippen molar-refractivity contribution in [2.24, 2.45) is 0 Å². The summed E-state index contributed by atoms with van der Waals surface area (Å²) in [6.07, 6.45) is 0. The summed E-state index contributed by atoms with van der Waals surface area (Å²) >= 11 is 11.8. The van der Waals surface area contributed by atoms with Crippen molar-refractivity contribution in [1.29, 1.82) is 0 Å². The van der Waals surface area contributed by atoms with Gasteiger partial charge in [-0.1, -0.05) is 41.4 Å². The van der Waals surface area contributed by atoms with Gasteiger partial charge in [-0.3, -0.25) is 4.79 Å². The van der Waals surface area contributed by atoms with E-state index in [0.29, 0.717) is 15.7 Å². The molecular weight excluding hydrogens is 304 g/mol. The van der Waals surface area contributed by atoms with Gasteiger partial charge < -0.3 is 10.1 Å². The number of carbonyl (C=O) groups is 1. The lowest BCUT2D eigenvalue weighted by Gasteiger charge is -2.10. The molecule has 0 radical (unpaired) electrons. The van der Waals surface area contributed by atoms with Gasteiger partial charge in [-0.05, 0) is 24.3 Å². The lowest BCUT2D eigenvalue weighted by Crippen LogP contribution is -2.20. The molecule has 0 saturated heterocycles. The second-order valence-corrected chi connectivity index (χ2v) is 4.68. The monoisotopic (exact) mass is 313 g/mol. The second-order valence-electron chi connectivity index (χ2n) is 3.86. The number of carbonyl (C=O) groups excluding carboxylic acids is 1. The summed E-state index contributed by atoms with van der Waals surface area (Å²) < 4.78 is 18.4. The van der Waals surface area contributed by atoms with Crippen LogP contribution in [0.4, 0.5) is 10.1 Å². The zero-order valence-corrected chi connectivity index (χ0v) is 11.7. The fourth-order valence-electron chi connectivity index (χ4n) is 1.50. The van der Waals surface area contributed by atoms with Crippen molar-refractivity contribution in [3.63, 3.8) is 0 Å². The molecule has 0 saturated carbocycles. The Morgan fingerprint density at radius 1 is 1.10 bits per heavy atom.